The van der Waals surface area contributed by atoms with Gasteiger partial charge in [0.1, 0.15) is 34.4 Å². The SMILES string of the molecule is COc1ccccc1NC(=S)c1c(-c2ccccc2)c2c3n(c(COc4ccccc4)nn13)CCCC2. The molecule has 0 saturated heterocycles. The van der Waals surface area contributed by atoms with Crippen molar-refractivity contribution in [2.45, 2.75) is 32.4 Å². The second kappa shape index (κ2) is 10.1. The highest BCUT2D eigenvalue weighted by Gasteiger charge is 2.29. The van der Waals surface area contributed by atoms with Crippen LogP contribution in [0, 0.1) is 0 Å². The summed E-state index contributed by atoms with van der Waals surface area (Å²) in [5, 5.41) is 8.53. The van der Waals surface area contributed by atoms with Gasteiger partial charge in [-0.2, -0.15) is 0 Å². The molecule has 0 bridgehead atoms. The summed E-state index contributed by atoms with van der Waals surface area (Å²) in [6, 6.07) is 28.2. The van der Waals surface area contributed by atoms with Crippen LogP contribution in [0.4, 0.5) is 5.69 Å². The molecule has 2 aromatic heterocycles. The highest BCUT2D eigenvalue weighted by Crippen LogP contribution is 2.37. The van der Waals surface area contributed by atoms with E-state index >= 15 is 0 Å². The second-order valence-corrected chi connectivity index (χ2v) is 9.49. The first-order valence-corrected chi connectivity index (χ1v) is 13.0. The number of para-hydroxylation sites is 3. The Bertz CT molecular complexity index is 1560. The molecule has 5 aromatic rings. The topological polar surface area (TPSA) is 52.7 Å². The van der Waals surface area contributed by atoms with Gasteiger partial charge in [-0.3, -0.25) is 0 Å². The molecule has 0 radical (unpaired) electrons. The van der Waals surface area contributed by atoms with Gasteiger partial charge in [0.25, 0.3) is 0 Å². The summed E-state index contributed by atoms with van der Waals surface area (Å²) in [6.45, 7) is 1.28. The van der Waals surface area contributed by atoms with E-state index in [1.807, 2.05) is 65.2 Å². The number of methoxy groups -OCH3 is 1. The largest absolute Gasteiger partial charge is 0.495 e. The number of nitrogens with zero attached hydrogens (tertiary/aromatic N) is 3. The van der Waals surface area contributed by atoms with Crippen molar-refractivity contribution in [2.24, 2.45) is 0 Å². The average Bonchev–Trinajstić information content (AvgIpc) is 3.35. The quantitative estimate of drug-likeness (QED) is 0.254. The standard InChI is InChI=1S/C30H28N4O2S/c1-35-25-18-9-8-17-24(25)31-29(37)28-27(21-12-4-2-5-13-21)23-16-10-11-19-33-26(32-34(28)30(23)33)20-36-22-14-6-3-7-15-22/h2-9,12-15,17-18H,10-11,16,19-20H2,1H3,(H,31,37). The maximum Gasteiger partial charge on any atom is 0.169 e. The summed E-state index contributed by atoms with van der Waals surface area (Å²) in [6.07, 6.45) is 3.16. The number of anilines is 1. The average molecular weight is 509 g/mol. The molecule has 1 aliphatic rings. The maximum atomic E-state index is 6.12. The Morgan fingerprint density at radius 3 is 2.46 bits per heavy atom. The predicted octanol–water partition coefficient (Wildman–Crippen LogP) is 6.51. The molecule has 1 N–H and O–H groups in total. The summed E-state index contributed by atoms with van der Waals surface area (Å²) < 4.78 is 16.0. The lowest BCUT2D eigenvalue weighted by atomic mass is 9.98. The molecule has 186 valence electrons. The zero-order chi connectivity index (χ0) is 25.2. The van der Waals surface area contributed by atoms with Crippen LogP contribution in [0.15, 0.2) is 84.9 Å². The van der Waals surface area contributed by atoms with Gasteiger partial charge in [-0.15, -0.1) is 5.10 Å². The van der Waals surface area contributed by atoms with Crippen LogP contribution in [0.1, 0.15) is 29.9 Å². The maximum absolute atomic E-state index is 6.12. The smallest absolute Gasteiger partial charge is 0.169 e. The molecule has 6 nitrogen and oxygen atoms in total. The third-order valence-corrected chi connectivity index (χ3v) is 7.10. The van der Waals surface area contributed by atoms with Crippen molar-refractivity contribution < 1.29 is 9.47 Å². The molecular formula is C30H28N4O2S. The molecule has 37 heavy (non-hydrogen) atoms. The van der Waals surface area contributed by atoms with Crippen LogP contribution in [0.3, 0.4) is 0 Å². The highest BCUT2D eigenvalue weighted by atomic mass is 32.1. The molecule has 6 rings (SSSR count). The van der Waals surface area contributed by atoms with E-state index in [9.17, 15) is 0 Å². The first kappa shape index (κ1) is 23.3. The van der Waals surface area contributed by atoms with Gasteiger partial charge < -0.3 is 19.4 Å². The normalized spacial score (nSPS) is 12.8. The number of thiocarbonyl (C=S) groups is 1. The van der Waals surface area contributed by atoms with Gasteiger partial charge in [-0.1, -0.05) is 72.9 Å². The monoisotopic (exact) mass is 508 g/mol. The summed E-state index contributed by atoms with van der Waals surface area (Å²) in [7, 11) is 1.67. The summed E-state index contributed by atoms with van der Waals surface area (Å²) in [5.74, 6) is 2.46. The van der Waals surface area contributed by atoms with Gasteiger partial charge in [0, 0.05) is 17.7 Å². The van der Waals surface area contributed by atoms with Gasteiger partial charge in [0.15, 0.2) is 5.82 Å². The van der Waals surface area contributed by atoms with E-state index in [1.165, 1.54) is 5.56 Å². The first-order valence-electron chi connectivity index (χ1n) is 12.5. The number of hydrogen-bond donors (Lipinski definition) is 1. The minimum atomic E-state index is 0.387. The third kappa shape index (κ3) is 4.36. The van der Waals surface area contributed by atoms with E-state index in [0.717, 1.165) is 71.3 Å². The van der Waals surface area contributed by atoms with Crippen LogP contribution in [-0.2, 0) is 19.6 Å². The zero-order valence-electron chi connectivity index (χ0n) is 20.7. The molecule has 3 heterocycles. The van der Waals surface area contributed by atoms with Gasteiger partial charge >= 0.3 is 0 Å². The van der Waals surface area contributed by atoms with E-state index in [1.54, 1.807) is 7.11 Å². The summed E-state index contributed by atoms with van der Waals surface area (Å²) in [4.78, 5) is 0.602. The van der Waals surface area contributed by atoms with Gasteiger partial charge in [-0.05, 0) is 49.1 Å². The van der Waals surface area contributed by atoms with Crippen LogP contribution in [-0.4, -0.2) is 26.3 Å². The number of nitrogens with one attached hydrogen (secondary N) is 1. The number of ether oxygens (including phenoxy) is 2. The molecule has 0 unspecified atom stereocenters. The Kier molecular flexibility index (Phi) is 6.37. The van der Waals surface area contributed by atoms with E-state index in [-0.39, 0.29) is 0 Å². The van der Waals surface area contributed by atoms with Crippen molar-refractivity contribution in [2.75, 3.05) is 12.4 Å². The van der Waals surface area contributed by atoms with Gasteiger partial charge in [0.05, 0.1) is 12.8 Å². The Morgan fingerprint density at radius 1 is 0.946 bits per heavy atom. The molecule has 7 heteroatoms. The number of hydrogen-bond acceptors (Lipinski definition) is 4. The van der Waals surface area contributed by atoms with Crippen molar-refractivity contribution in [3.8, 4) is 22.6 Å². The molecule has 0 atom stereocenters. The molecule has 0 spiro atoms. The molecule has 0 fully saturated rings. The van der Waals surface area contributed by atoms with Crippen molar-refractivity contribution in [3.05, 3.63) is 102 Å². The fourth-order valence-electron chi connectivity index (χ4n) is 5.13. The van der Waals surface area contributed by atoms with Crippen molar-refractivity contribution >= 4 is 28.5 Å². The summed E-state index contributed by atoms with van der Waals surface area (Å²) in [5.41, 5.74) is 6.37. The van der Waals surface area contributed by atoms with Crippen LogP contribution in [0.2, 0.25) is 0 Å². The Hall–Kier alpha value is -4.10. The minimum Gasteiger partial charge on any atom is -0.495 e. The number of benzene rings is 3. The lowest BCUT2D eigenvalue weighted by Crippen LogP contribution is -2.15. The van der Waals surface area contributed by atoms with Crippen molar-refractivity contribution in [1.29, 1.82) is 0 Å². The highest BCUT2D eigenvalue weighted by molar-refractivity contribution is 7.81. The lowest BCUT2D eigenvalue weighted by Gasteiger charge is -2.14. The van der Waals surface area contributed by atoms with Crippen molar-refractivity contribution in [3.63, 3.8) is 0 Å². The first-order chi connectivity index (χ1) is 18.2. The number of aryl methyl sites for hydroxylation is 2. The van der Waals surface area contributed by atoms with Crippen LogP contribution < -0.4 is 14.8 Å². The molecular weight excluding hydrogens is 480 g/mol. The molecule has 3 aromatic carbocycles. The van der Waals surface area contributed by atoms with Crippen LogP contribution in [0.25, 0.3) is 16.8 Å². The zero-order valence-corrected chi connectivity index (χ0v) is 21.5. The molecule has 0 amide bonds. The van der Waals surface area contributed by atoms with E-state index < -0.39 is 0 Å². The number of rotatable bonds is 7. The Labute approximate surface area is 221 Å². The molecule has 1 aliphatic heterocycles. The second-order valence-electron chi connectivity index (χ2n) is 9.08. The van der Waals surface area contributed by atoms with Crippen LogP contribution >= 0.6 is 12.2 Å². The minimum absolute atomic E-state index is 0.387. The molecule has 0 saturated carbocycles. The Balaban J connectivity index is 1.50. The molecule has 0 aliphatic carbocycles. The van der Waals surface area contributed by atoms with Gasteiger partial charge in [0.2, 0.25) is 0 Å². The fraction of sp³-hybridized carbons (Fsp3) is 0.200. The Morgan fingerprint density at radius 2 is 1.68 bits per heavy atom. The fourth-order valence-corrected chi connectivity index (χ4v) is 5.43. The number of aromatic nitrogens is 3. The van der Waals surface area contributed by atoms with E-state index in [0.29, 0.717) is 11.6 Å². The van der Waals surface area contributed by atoms with Crippen molar-refractivity contribution in [1.82, 2.24) is 14.2 Å². The third-order valence-electron chi connectivity index (χ3n) is 6.81. The lowest BCUT2D eigenvalue weighted by molar-refractivity contribution is 0.288. The van der Waals surface area contributed by atoms with Crippen LogP contribution in [0.5, 0.6) is 11.5 Å². The summed E-state index contributed by atoms with van der Waals surface area (Å²) >= 11 is 6.07. The van der Waals surface area contributed by atoms with E-state index in [2.05, 4.69) is 34.1 Å². The predicted molar refractivity (Wildman–Crippen MR) is 151 cm³/mol. The van der Waals surface area contributed by atoms with E-state index in [4.69, 9.17) is 26.8 Å². The van der Waals surface area contributed by atoms with Gasteiger partial charge in [-0.25, -0.2) is 4.52 Å².